The van der Waals surface area contributed by atoms with Gasteiger partial charge >= 0.3 is 0 Å². The molecule has 0 spiro atoms. The van der Waals surface area contributed by atoms with Gasteiger partial charge in [0.15, 0.2) is 6.04 Å². The summed E-state index contributed by atoms with van der Waals surface area (Å²) in [5.74, 6) is -0.244. The average Bonchev–Trinajstić information content (AvgIpc) is 2.51. The molecule has 1 saturated heterocycles. The van der Waals surface area contributed by atoms with Crippen LogP contribution in [0.25, 0.3) is 0 Å². The van der Waals surface area contributed by atoms with Crippen molar-refractivity contribution in [2.24, 2.45) is 0 Å². The van der Waals surface area contributed by atoms with Crippen LogP contribution in [0.1, 0.15) is 32.1 Å². The van der Waals surface area contributed by atoms with Gasteiger partial charge in [-0.3, -0.25) is 9.59 Å². The first-order chi connectivity index (χ1) is 11.0. The van der Waals surface area contributed by atoms with Gasteiger partial charge in [-0.25, -0.2) is 0 Å². The fourth-order valence-electron chi connectivity index (χ4n) is 3.39. The molecule has 1 aliphatic heterocycles. The Balaban J connectivity index is 1.58. The highest BCUT2D eigenvalue weighted by Crippen LogP contribution is 2.25. The van der Waals surface area contributed by atoms with Crippen molar-refractivity contribution < 1.29 is 14.9 Å². The summed E-state index contributed by atoms with van der Waals surface area (Å²) in [6.07, 6.45) is 4.63. The van der Waals surface area contributed by atoms with Crippen LogP contribution in [-0.2, 0) is 9.59 Å². The second-order valence-electron chi connectivity index (χ2n) is 6.24. The Labute approximate surface area is 145 Å². The molecule has 3 atom stereocenters. The van der Waals surface area contributed by atoms with Gasteiger partial charge in [-0.15, -0.1) is 0 Å². The van der Waals surface area contributed by atoms with Gasteiger partial charge in [0, 0.05) is 12.1 Å². The Morgan fingerprint density at radius 1 is 1.26 bits per heavy atom. The minimum Gasteiger partial charge on any atom is -0.342 e. The standard InChI is InChI=1S/C16H19Cl2N3O2/c17-10-6-5-9(7-11(10)18)19-15(22)8-14-16(23)21-13-4-2-1-3-12(13)20-14/h5-7,12-14,20H,1-4,8H2,(H,19,22)(H,21,23)/p+1/t12-,13+,14+/m0/s1. The normalized spacial score (nSPS) is 27.0. The number of halogens is 2. The third-order valence-electron chi connectivity index (χ3n) is 4.57. The van der Waals surface area contributed by atoms with Gasteiger partial charge in [-0.2, -0.15) is 0 Å². The summed E-state index contributed by atoms with van der Waals surface area (Å²) >= 11 is 11.8. The first-order valence-corrected chi connectivity index (χ1v) is 8.69. The van der Waals surface area contributed by atoms with E-state index in [0.29, 0.717) is 21.8 Å². The molecule has 0 radical (unpaired) electrons. The summed E-state index contributed by atoms with van der Waals surface area (Å²) in [6.45, 7) is 0. The molecule has 4 N–H and O–H groups in total. The molecule has 0 aromatic heterocycles. The van der Waals surface area contributed by atoms with E-state index in [-0.39, 0.29) is 30.3 Å². The van der Waals surface area contributed by atoms with E-state index >= 15 is 0 Å². The number of hydrogen-bond acceptors (Lipinski definition) is 2. The number of piperazine rings is 1. The molecular weight excluding hydrogens is 337 g/mol. The molecule has 1 aromatic carbocycles. The van der Waals surface area contributed by atoms with Crippen LogP contribution in [0.3, 0.4) is 0 Å². The molecular formula is C16H20Cl2N3O2+. The fourth-order valence-corrected chi connectivity index (χ4v) is 3.69. The van der Waals surface area contributed by atoms with Gasteiger partial charge in [0.05, 0.1) is 22.5 Å². The molecule has 2 amide bonds. The molecule has 1 aliphatic carbocycles. The van der Waals surface area contributed by atoms with Gasteiger partial charge in [0.25, 0.3) is 5.91 Å². The number of amides is 2. The maximum atomic E-state index is 12.2. The highest BCUT2D eigenvalue weighted by Gasteiger charge is 2.40. The zero-order chi connectivity index (χ0) is 16.4. The Bertz CT molecular complexity index is 623. The number of quaternary nitrogens is 1. The van der Waals surface area contributed by atoms with Crippen molar-refractivity contribution in [1.82, 2.24) is 5.32 Å². The molecule has 7 heteroatoms. The van der Waals surface area contributed by atoms with Crippen LogP contribution >= 0.6 is 23.2 Å². The largest absolute Gasteiger partial charge is 0.342 e. The number of hydrogen-bond donors (Lipinski definition) is 3. The van der Waals surface area contributed by atoms with Gasteiger partial charge in [-0.1, -0.05) is 29.6 Å². The van der Waals surface area contributed by atoms with Crippen molar-refractivity contribution >= 4 is 40.7 Å². The summed E-state index contributed by atoms with van der Waals surface area (Å²) in [6, 6.07) is 5.20. The molecule has 1 heterocycles. The molecule has 1 aromatic rings. The van der Waals surface area contributed by atoms with Gasteiger partial charge in [0.2, 0.25) is 5.91 Å². The average molecular weight is 357 g/mol. The van der Waals surface area contributed by atoms with Crippen LogP contribution < -0.4 is 16.0 Å². The van der Waals surface area contributed by atoms with E-state index in [9.17, 15) is 9.59 Å². The molecule has 3 rings (SSSR count). The highest BCUT2D eigenvalue weighted by molar-refractivity contribution is 6.42. The monoisotopic (exact) mass is 356 g/mol. The maximum Gasteiger partial charge on any atom is 0.279 e. The Morgan fingerprint density at radius 3 is 2.83 bits per heavy atom. The lowest BCUT2D eigenvalue weighted by Crippen LogP contribution is -3.03. The lowest BCUT2D eigenvalue weighted by Gasteiger charge is -2.37. The summed E-state index contributed by atoms with van der Waals surface area (Å²) in [4.78, 5) is 24.4. The summed E-state index contributed by atoms with van der Waals surface area (Å²) < 4.78 is 0. The Morgan fingerprint density at radius 2 is 2.04 bits per heavy atom. The minimum absolute atomic E-state index is 0.0440. The lowest BCUT2D eigenvalue weighted by atomic mass is 9.87. The zero-order valence-electron chi connectivity index (χ0n) is 12.6. The topological polar surface area (TPSA) is 74.8 Å². The number of rotatable bonds is 3. The molecule has 0 bridgehead atoms. The van der Waals surface area contributed by atoms with E-state index in [1.807, 2.05) is 0 Å². The number of nitrogens with one attached hydrogen (secondary N) is 2. The summed E-state index contributed by atoms with van der Waals surface area (Å²) in [5, 5.41) is 8.72. The molecule has 2 aliphatic rings. The number of fused-ring (bicyclic) bond motifs is 1. The number of benzene rings is 1. The SMILES string of the molecule is O=C(C[C@H]1[NH2+][C@H]2CCCC[C@H]2NC1=O)Nc1ccc(Cl)c(Cl)c1. The van der Waals surface area contributed by atoms with Crippen molar-refractivity contribution in [1.29, 1.82) is 0 Å². The van der Waals surface area contributed by atoms with Gasteiger partial charge < -0.3 is 16.0 Å². The number of anilines is 1. The number of carbonyl (C=O) groups excluding carboxylic acids is 2. The summed E-state index contributed by atoms with van der Waals surface area (Å²) in [7, 11) is 0. The smallest absolute Gasteiger partial charge is 0.279 e. The predicted octanol–water partition coefficient (Wildman–Crippen LogP) is 1.69. The van der Waals surface area contributed by atoms with Crippen molar-refractivity contribution in [3.8, 4) is 0 Å². The van der Waals surface area contributed by atoms with E-state index in [2.05, 4.69) is 16.0 Å². The summed E-state index contributed by atoms with van der Waals surface area (Å²) in [5.41, 5.74) is 0.580. The Kier molecular flexibility index (Phi) is 5.09. The molecule has 1 saturated carbocycles. The van der Waals surface area contributed by atoms with E-state index < -0.39 is 0 Å². The molecule has 2 fully saturated rings. The van der Waals surface area contributed by atoms with E-state index in [1.165, 1.54) is 6.42 Å². The second-order valence-corrected chi connectivity index (χ2v) is 7.06. The van der Waals surface area contributed by atoms with Crippen LogP contribution in [0.2, 0.25) is 10.0 Å². The van der Waals surface area contributed by atoms with Crippen LogP contribution in [0, 0.1) is 0 Å². The third kappa shape index (κ3) is 3.97. The highest BCUT2D eigenvalue weighted by atomic mass is 35.5. The zero-order valence-corrected chi connectivity index (χ0v) is 14.2. The van der Waals surface area contributed by atoms with Crippen LogP contribution in [0.4, 0.5) is 5.69 Å². The van der Waals surface area contributed by atoms with Crippen molar-refractivity contribution in [2.75, 3.05) is 5.32 Å². The lowest BCUT2D eigenvalue weighted by molar-refractivity contribution is -0.718. The molecule has 0 unspecified atom stereocenters. The Hall–Kier alpha value is -1.30. The van der Waals surface area contributed by atoms with Crippen molar-refractivity contribution in [3.63, 3.8) is 0 Å². The first-order valence-electron chi connectivity index (χ1n) is 7.93. The third-order valence-corrected chi connectivity index (χ3v) is 5.31. The predicted molar refractivity (Wildman–Crippen MR) is 89.6 cm³/mol. The maximum absolute atomic E-state index is 12.2. The molecule has 124 valence electrons. The van der Waals surface area contributed by atoms with Gasteiger partial charge in [0.1, 0.15) is 6.04 Å². The minimum atomic E-state index is -0.364. The van der Waals surface area contributed by atoms with Crippen LogP contribution in [-0.4, -0.2) is 29.9 Å². The van der Waals surface area contributed by atoms with Crippen molar-refractivity contribution in [3.05, 3.63) is 28.2 Å². The number of carbonyl (C=O) groups is 2. The molecule has 5 nitrogen and oxygen atoms in total. The second kappa shape index (κ2) is 7.07. The van der Waals surface area contributed by atoms with E-state index in [4.69, 9.17) is 23.2 Å². The first kappa shape index (κ1) is 16.6. The van der Waals surface area contributed by atoms with Crippen LogP contribution in [0.15, 0.2) is 18.2 Å². The number of nitrogens with two attached hydrogens (primary N) is 1. The quantitative estimate of drug-likeness (QED) is 0.770. The van der Waals surface area contributed by atoms with Gasteiger partial charge in [-0.05, 0) is 31.0 Å². The molecule has 23 heavy (non-hydrogen) atoms. The van der Waals surface area contributed by atoms with E-state index in [1.54, 1.807) is 18.2 Å². The van der Waals surface area contributed by atoms with Crippen LogP contribution in [0.5, 0.6) is 0 Å². The fraction of sp³-hybridized carbons (Fsp3) is 0.500. The van der Waals surface area contributed by atoms with E-state index in [0.717, 1.165) is 19.3 Å². The van der Waals surface area contributed by atoms with Crippen molar-refractivity contribution in [2.45, 2.75) is 50.2 Å².